The van der Waals surface area contributed by atoms with Gasteiger partial charge in [0.15, 0.2) is 0 Å². The van der Waals surface area contributed by atoms with Gasteiger partial charge in [0.25, 0.3) is 0 Å². The van der Waals surface area contributed by atoms with Crippen LogP contribution in [0.1, 0.15) is 32.4 Å². The minimum Gasteiger partial charge on any atom is -0.345 e. The predicted molar refractivity (Wildman–Crippen MR) is 80.8 cm³/mol. The third kappa shape index (κ3) is 3.88. The molecule has 0 fully saturated rings. The normalized spacial score (nSPS) is 11.4. The van der Waals surface area contributed by atoms with Crippen molar-refractivity contribution in [1.29, 1.82) is 0 Å². The maximum Gasteiger partial charge on any atom is 0.220 e. The minimum atomic E-state index is -0.571. The molecule has 0 unspecified atom stereocenters. The lowest BCUT2D eigenvalue weighted by atomic mass is 10.0. The lowest BCUT2D eigenvalue weighted by Crippen LogP contribution is -2.41. The van der Waals surface area contributed by atoms with E-state index in [-0.39, 0.29) is 5.91 Å². The van der Waals surface area contributed by atoms with Crippen LogP contribution in [0, 0.1) is 0 Å². The van der Waals surface area contributed by atoms with Crippen molar-refractivity contribution >= 4 is 5.91 Å². The summed E-state index contributed by atoms with van der Waals surface area (Å²) in [7, 11) is 0. The molecule has 1 aromatic carbocycles. The summed E-state index contributed by atoms with van der Waals surface area (Å²) in [6, 6.07) is 9.73. The number of carbonyl (C=O) groups excluding carboxylic acids is 1. The highest BCUT2D eigenvalue weighted by Gasteiger charge is 2.26. The Balaban J connectivity index is 2.10. The Labute approximate surface area is 124 Å². The second kappa shape index (κ2) is 6.49. The zero-order valence-corrected chi connectivity index (χ0v) is 12.4. The number of para-hydroxylation sites is 1. The zero-order chi connectivity index (χ0) is 15.3. The summed E-state index contributed by atoms with van der Waals surface area (Å²) >= 11 is 0. The summed E-state index contributed by atoms with van der Waals surface area (Å²) < 4.78 is 1.70. The standard InChI is InChI=1S/C15H21N5O/c1-15(2,17-14(21)9-6-10-16)13-11-20(19-18-13)12-7-4-3-5-8-12/h3-5,7-8,11H,6,9-10,16H2,1-2H3,(H,17,21). The number of benzene rings is 1. The highest BCUT2D eigenvalue weighted by Crippen LogP contribution is 2.18. The maximum atomic E-state index is 11.8. The number of nitrogens with one attached hydrogen (secondary N) is 1. The Kier molecular flexibility index (Phi) is 4.70. The van der Waals surface area contributed by atoms with Gasteiger partial charge in [-0.3, -0.25) is 4.79 Å². The zero-order valence-electron chi connectivity index (χ0n) is 12.4. The minimum absolute atomic E-state index is 0.0280. The summed E-state index contributed by atoms with van der Waals surface area (Å²) in [5, 5.41) is 11.3. The maximum absolute atomic E-state index is 11.8. The van der Waals surface area contributed by atoms with Gasteiger partial charge in [0.05, 0.1) is 17.4 Å². The Morgan fingerprint density at radius 1 is 1.33 bits per heavy atom. The number of hydrogen-bond acceptors (Lipinski definition) is 4. The van der Waals surface area contributed by atoms with Crippen molar-refractivity contribution in [2.75, 3.05) is 6.54 Å². The van der Waals surface area contributed by atoms with Crippen molar-refractivity contribution in [3.8, 4) is 5.69 Å². The Morgan fingerprint density at radius 3 is 2.71 bits per heavy atom. The van der Waals surface area contributed by atoms with Gasteiger partial charge < -0.3 is 11.1 Å². The molecular formula is C15H21N5O. The van der Waals surface area contributed by atoms with E-state index in [1.165, 1.54) is 0 Å². The van der Waals surface area contributed by atoms with E-state index in [0.717, 1.165) is 5.69 Å². The molecule has 0 saturated heterocycles. The van der Waals surface area contributed by atoms with E-state index in [0.29, 0.717) is 25.1 Å². The van der Waals surface area contributed by atoms with Crippen LogP contribution in [0.5, 0.6) is 0 Å². The summed E-state index contributed by atoms with van der Waals surface area (Å²) in [4.78, 5) is 11.8. The number of nitrogens with zero attached hydrogens (tertiary/aromatic N) is 3. The first-order valence-corrected chi connectivity index (χ1v) is 7.02. The first-order chi connectivity index (χ1) is 10.0. The third-order valence-electron chi connectivity index (χ3n) is 3.21. The molecule has 1 amide bonds. The van der Waals surface area contributed by atoms with Crippen LogP contribution in [0.2, 0.25) is 0 Å². The number of nitrogens with two attached hydrogens (primary N) is 1. The van der Waals surface area contributed by atoms with Gasteiger partial charge >= 0.3 is 0 Å². The van der Waals surface area contributed by atoms with Crippen LogP contribution in [0.3, 0.4) is 0 Å². The molecule has 0 aliphatic heterocycles. The van der Waals surface area contributed by atoms with Gasteiger partial charge in [-0.2, -0.15) is 0 Å². The number of amides is 1. The first-order valence-electron chi connectivity index (χ1n) is 7.02. The fraction of sp³-hybridized carbons (Fsp3) is 0.400. The van der Waals surface area contributed by atoms with E-state index in [9.17, 15) is 4.79 Å². The SMILES string of the molecule is CC(C)(NC(=O)CCCN)c1cn(-c2ccccc2)nn1. The number of carbonyl (C=O) groups is 1. The number of rotatable bonds is 6. The summed E-state index contributed by atoms with van der Waals surface area (Å²) in [5.41, 5.74) is 6.49. The third-order valence-corrected chi connectivity index (χ3v) is 3.21. The first kappa shape index (κ1) is 15.2. The molecule has 0 radical (unpaired) electrons. The lowest BCUT2D eigenvalue weighted by molar-refractivity contribution is -0.122. The molecule has 0 bridgehead atoms. The van der Waals surface area contributed by atoms with E-state index in [1.54, 1.807) is 4.68 Å². The van der Waals surface area contributed by atoms with Gasteiger partial charge in [0.1, 0.15) is 5.69 Å². The van der Waals surface area contributed by atoms with Gasteiger partial charge in [-0.05, 0) is 38.9 Å². The molecule has 112 valence electrons. The van der Waals surface area contributed by atoms with Crippen molar-refractivity contribution in [3.05, 3.63) is 42.2 Å². The molecule has 1 aromatic heterocycles. The molecule has 3 N–H and O–H groups in total. The summed E-state index contributed by atoms with van der Waals surface area (Å²) in [5.74, 6) is -0.0280. The fourth-order valence-electron chi connectivity index (χ4n) is 1.99. The van der Waals surface area contributed by atoms with Crippen molar-refractivity contribution in [2.24, 2.45) is 5.73 Å². The average molecular weight is 287 g/mol. The van der Waals surface area contributed by atoms with Crippen LogP contribution in [0.25, 0.3) is 5.69 Å². The molecule has 1 heterocycles. The van der Waals surface area contributed by atoms with Crippen LogP contribution in [-0.4, -0.2) is 27.4 Å². The Bertz CT molecular complexity index is 591. The van der Waals surface area contributed by atoms with Gasteiger partial charge in [0.2, 0.25) is 5.91 Å². The van der Waals surface area contributed by atoms with Crippen molar-refractivity contribution in [2.45, 2.75) is 32.2 Å². The van der Waals surface area contributed by atoms with Gasteiger partial charge in [0, 0.05) is 6.42 Å². The Morgan fingerprint density at radius 2 is 2.05 bits per heavy atom. The number of aromatic nitrogens is 3. The molecule has 2 rings (SSSR count). The average Bonchev–Trinajstić information content (AvgIpc) is 2.96. The van der Waals surface area contributed by atoms with E-state index in [1.807, 2.05) is 50.4 Å². The summed E-state index contributed by atoms with van der Waals surface area (Å²) in [6.07, 6.45) is 2.93. The van der Waals surface area contributed by atoms with Crippen molar-refractivity contribution in [3.63, 3.8) is 0 Å². The predicted octanol–water partition coefficient (Wildman–Crippen LogP) is 1.36. The van der Waals surface area contributed by atoms with Crippen molar-refractivity contribution in [1.82, 2.24) is 20.3 Å². The molecule has 0 saturated carbocycles. The smallest absolute Gasteiger partial charge is 0.220 e. The van der Waals surface area contributed by atoms with E-state index in [2.05, 4.69) is 15.6 Å². The van der Waals surface area contributed by atoms with Crippen LogP contribution in [0.15, 0.2) is 36.5 Å². The molecule has 2 aromatic rings. The highest BCUT2D eigenvalue weighted by atomic mass is 16.1. The van der Waals surface area contributed by atoms with Crippen molar-refractivity contribution < 1.29 is 4.79 Å². The van der Waals surface area contributed by atoms with Crippen LogP contribution >= 0.6 is 0 Å². The molecule has 0 aliphatic carbocycles. The molecule has 6 heteroatoms. The number of hydrogen-bond donors (Lipinski definition) is 2. The van der Waals surface area contributed by atoms with Gasteiger partial charge in [-0.15, -0.1) is 5.10 Å². The Hall–Kier alpha value is -2.21. The molecular weight excluding hydrogens is 266 g/mol. The molecule has 0 atom stereocenters. The second-order valence-electron chi connectivity index (χ2n) is 5.45. The van der Waals surface area contributed by atoms with Crippen LogP contribution in [-0.2, 0) is 10.3 Å². The van der Waals surface area contributed by atoms with Crippen LogP contribution in [0.4, 0.5) is 0 Å². The largest absolute Gasteiger partial charge is 0.345 e. The second-order valence-corrected chi connectivity index (χ2v) is 5.45. The molecule has 0 spiro atoms. The summed E-state index contributed by atoms with van der Waals surface area (Å²) in [6.45, 7) is 4.33. The highest BCUT2D eigenvalue weighted by molar-refractivity contribution is 5.76. The monoisotopic (exact) mass is 287 g/mol. The molecule has 6 nitrogen and oxygen atoms in total. The van der Waals surface area contributed by atoms with E-state index in [4.69, 9.17) is 5.73 Å². The topological polar surface area (TPSA) is 85.8 Å². The fourth-order valence-corrected chi connectivity index (χ4v) is 1.99. The van der Waals surface area contributed by atoms with Gasteiger partial charge in [-0.1, -0.05) is 23.4 Å². The lowest BCUT2D eigenvalue weighted by Gasteiger charge is -2.23. The van der Waals surface area contributed by atoms with E-state index < -0.39 is 5.54 Å². The quantitative estimate of drug-likeness (QED) is 0.840. The van der Waals surface area contributed by atoms with Gasteiger partial charge in [-0.25, -0.2) is 4.68 Å². The molecule has 21 heavy (non-hydrogen) atoms. The van der Waals surface area contributed by atoms with Crippen LogP contribution < -0.4 is 11.1 Å². The molecule has 0 aliphatic rings. The van der Waals surface area contributed by atoms with E-state index >= 15 is 0 Å².